The molecule has 0 fully saturated rings. The number of nitrogens with zero attached hydrogens (tertiary/aromatic N) is 1. The molecule has 2 aliphatic carbocycles. The van der Waals surface area contributed by atoms with Crippen molar-refractivity contribution in [2.75, 3.05) is 4.90 Å². The summed E-state index contributed by atoms with van der Waals surface area (Å²) in [5.74, 6) is 0. The Labute approximate surface area is 325 Å². The Balaban J connectivity index is 1.27. The largest absolute Gasteiger partial charge is 0.310 e. The highest BCUT2D eigenvalue weighted by atomic mass is 15.1. The second kappa shape index (κ2) is 12.6. The summed E-state index contributed by atoms with van der Waals surface area (Å²) >= 11 is 0. The van der Waals surface area contributed by atoms with Crippen LogP contribution in [0.1, 0.15) is 49.9 Å². The molecule has 0 heterocycles. The number of para-hydroxylation sites is 1. The average Bonchev–Trinajstić information content (AvgIpc) is 3.61. The summed E-state index contributed by atoms with van der Waals surface area (Å²) in [6.07, 6.45) is 0. The molecule has 55 heavy (non-hydrogen) atoms. The highest BCUT2D eigenvalue weighted by Gasteiger charge is 2.39. The van der Waals surface area contributed by atoms with Gasteiger partial charge in [0.25, 0.3) is 0 Å². The van der Waals surface area contributed by atoms with Gasteiger partial charge in [0, 0.05) is 27.8 Å². The molecular weight excluding hydrogens is 663 g/mol. The van der Waals surface area contributed by atoms with Crippen LogP contribution >= 0.6 is 0 Å². The molecule has 8 aromatic carbocycles. The molecular formula is C54H43N. The Hall–Kier alpha value is -6.44. The van der Waals surface area contributed by atoms with Crippen molar-refractivity contribution in [1.29, 1.82) is 0 Å². The standard InChI is InChI=1S/C54H43N/c1-53(2)47-29-13-11-24-42(47)44-33-32-40(35-49(44)53)55(39-22-9-6-10-23-39)50-31-17-26-41(38-21-15-20-37(34-38)36-18-7-5-8-19-36)51(50)46-28-16-27-45-43-25-12-14-30-48(43)54(3,4)52(45)46/h5-35H,1-4H3. The molecule has 10 rings (SSSR count). The number of rotatable bonds is 6. The van der Waals surface area contributed by atoms with E-state index in [-0.39, 0.29) is 10.8 Å². The number of benzene rings is 8. The molecule has 0 saturated carbocycles. The first kappa shape index (κ1) is 33.2. The maximum Gasteiger partial charge on any atom is 0.0546 e. The first-order valence-corrected chi connectivity index (χ1v) is 19.4. The molecule has 264 valence electrons. The van der Waals surface area contributed by atoms with Crippen molar-refractivity contribution in [3.63, 3.8) is 0 Å². The lowest BCUT2D eigenvalue weighted by Gasteiger charge is -2.32. The zero-order valence-electron chi connectivity index (χ0n) is 31.8. The van der Waals surface area contributed by atoms with Crippen LogP contribution in [0.25, 0.3) is 55.6 Å². The molecule has 0 amide bonds. The molecule has 2 aliphatic rings. The van der Waals surface area contributed by atoms with Gasteiger partial charge in [-0.1, -0.05) is 179 Å². The molecule has 0 spiro atoms. The van der Waals surface area contributed by atoms with Gasteiger partial charge in [-0.15, -0.1) is 0 Å². The summed E-state index contributed by atoms with van der Waals surface area (Å²) in [5, 5.41) is 0. The van der Waals surface area contributed by atoms with Gasteiger partial charge in [-0.25, -0.2) is 0 Å². The van der Waals surface area contributed by atoms with E-state index in [0.29, 0.717) is 0 Å². The summed E-state index contributed by atoms with van der Waals surface area (Å²) < 4.78 is 0. The third-order valence-electron chi connectivity index (χ3n) is 12.3. The quantitative estimate of drug-likeness (QED) is 0.166. The second-order valence-electron chi connectivity index (χ2n) is 16.1. The lowest BCUT2D eigenvalue weighted by atomic mass is 9.77. The van der Waals surface area contributed by atoms with Crippen molar-refractivity contribution in [3.8, 4) is 55.6 Å². The number of fused-ring (bicyclic) bond motifs is 6. The van der Waals surface area contributed by atoms with Crippen LogP contribution in [0.4, 0.5) is 17.1 Å². The molecule has 1 heteroatoms. The highest BCUT2D eigenvalue weighted by Crippen LogP contribution is 2.56. The van der Waals surface area contributed by atoms with E-state index in [9.17, 15) is 0 Å². The van der Waals surface area contributed by atoms with Crippen LogP contribution in [0.2, 0.25) is 0 Å². The van der Waals surface area contributed by atoms with Gasteiger partial charge in [0.15, 0.2) is 0 Å². The fourth-order valence-corrected chi connectivity index (χ4v) is 9.64. The van der Waals surface area contributed by atoms with Crippen molar-refractivity contribution in [2.24, 2.45) is 0 Å². The molecule has 0 aliphatic heterocycles. The van der Waals surface area contributed by atoms with Crippen LogP contribution in [-0.4, -0.2) is 0 Å². The van der Waals surface area contributed by atoms with E-state index >= 15 is 0 Å². The van der Waals surface area contributed by atoms with Crippen molar-refractivity contribution in [2.45, 2.75) is 38.5 Å². The van der Waals surface area contributed by atoms with E-state index < -0.39 is 0 Å². The number of hydrogen-bond acceptors (Lipinski definition) is 1. The van der Waals surface area contributed by atoms with Crippen molar-refractivity contribution >= 4 is 17.1 Å². The summed E-state index contributed by atoms with van der Waals surface area (Å²) in [6, 6.07) is 69.6. The predicted molar refractivity (Wildman–Crippen MR) is 233 cm³/mol. The van der Waals surface area contributed by atoms with Gasteiger partial charge in [0.05, 0.1) is 5.69 Å². The fourth-order valence-electron chi connectivity index (χ4n) is 9.64. The molecule has 0 aromatic heterocycles. The van der Waals surface area contributed by atoms with Crippen molar-refractivity contribution < 1.29 is 0 Å². The Morgan fingerprint density at radius 1 is 0.327 bits per heavy atom. The molecule has 1 nitrogen and oxygen atoms in total. The SMILES string of the molecule is CC1(C)c2ccccc2-c2ccc(N(c3ccccc3)c3cccc(-c4cccc(-c5ccccc5)c4)c3-c3cccc4c3C(C)(C)c3ccccc3-4)cc21. The van der Waals surface area contributed by atoms with Crippen LogP contribution < -0.4 is 4.90 Å². The number of hydrogen-bond donors (Lipinski definition) is 0. The molecule has 0 N–H and O–H groups in total. The van der Waals surface area contributed by atoms with E-state index in [4.69, 9.17) is 0 Å². The topological polar surface area (TPSA) is 3.24 Å². The summed E-state index contributed by atoms with van der Waals surface area (Å²) in [4.78, 5) is 2.49. The molecule has 0 radical (unpaired) electrons. The third kappa shape index (κ3) is 5.14. The average molecular weight is 706 g/mol. The molecule has 0 bridgehead atoms. The molecule has 0 saturated heterocycles. The monoisotopic (exact) mass is 705 g/mol. The molecule has 8 aromatic rings. The number of anilines is 3. The first-order valence-electron chi connectivity index (χ1n) is 19.4. The van der Waals surface area contributed by atoms with Gasteiger partial charge in [0.2, 0.25) is 0 Å². The van der Waals surface area contributed by atoms with E-state index in [1.807, 2.05) is 0 Å². The smallest absolute Gasteiger partial charge is 0.0546 e. The first-order chi connectivity index (χ1) is 26.8. The fraction of sp³-hybridized carbons (Fsp3) is 0.111. The minimum absolute atomic E-state index is 0.122. The highest BCUT2D eigenvalue weighted by molar-refractivity contribution is 6.01. The van der Waals surface area contributed by atoms with Gasteiger partial charge in [-0.3, -0.25) is 0 Å². The lowest BCUT2D eigenvalue weighted by Crippen LogP contribution is -2.18. The van der Waals surface area contributed by atoms with Crippen LogP contribution in [0.15, 0.2) is 188 Å². The van der Waals surface area contributed by atoms with Crippen LogP contribution in [0.3, 0.4) is 0 Å². The zero-order chi connectivity index (χ0) is 37.3. The molecule has 0 atom stereocenters. The third-order valence-corrected chi connectivity index (χ3v) is 12.3. The Morgan fingerprint density at radius 2 is 0.855 bits per heavy atom. The van der Waals surface area contributed by atoms with Gasteiger partial charge in [0.1, 0.15) is 0 Å². The van der Waals surface area contributed by atoms with Crippen LogP contribution in [0.5, 0.6) is 0 Å². The van der Waals surface area contributed by atoms with E-state index in [1.54, 1.807) is 0 Å². The summed E-state index contributed by atoms with van der Waals surface area (Å²) in [5.41, 5.74) is 21.3. The normalized spacial score (nSPS) is 14.1. The Kier molecular flexibility index (Phi) is 7.58. The minimum Gasteiger partial charge on any atom is -0.310 e. The van der Waals surface area contributed by atoms with Crippen LogP contribution in [-0.2, 0) is 10.8 Å². The molecule has 0 unspecified atom stereocenters. The van der Waals surface area contributed by atoms with Crippen molar-refractivity contribution in [3.05, 3.63) is 210 Å². The van der Waals surface area contributed by atoms with Gasteiger partial charge >= 0.3 is 0 Å². The predicted octanol–water partition coefficient (Wildman–Crippen LogP) is 14.8. The van der Waals surface area contributed by atoms with Crippen molar-refractivity contribution in [1.82, 2.24) is 0 Å². The summed E-state index contributed by atoms with van der Waals surface area (Å²) in [6.45, 7) is 9.53. The summed E-state index contributed by atoms with van der Waals surface area (Å²) in [7, 11) is 0. The van der Waals surface area contributed by atoms with Gasteiger partial charge < -0.3 is 4.90 Å². The van der Waals surface area contributed by atoms with Crippen LogP contribution in [0, 0.1) is 0 Å². The second-order valence-corrected chi connectivity index (χ2v) is 16.1. The maximum absolute atomic E-state index is 2.49. The maximum atomic E-state index is 2.49. The van der Waals surface area contributed by atoms with E-state index in [2.05, 4.69) is 221 Å². The van der Waals surface area contributed by atoms with E-state index in [0.717, 1.165) is 17.1 Å². The zero-order valence-corrected chi connectivity index (χ0v) is 31.8. The van der Waals surface area contributed by atoms with E-state index in [1.165, 1.54) is 77.9 Å². The van der Waals surface area contributed by atoms with Gasteiger partial charge in [-0.2, -0.15) is 0 Å². The van der Waals surface area contributed by atoms with Gasteiger partial charge in [-0.05, 0) is 109 Å². The Bertz CT molecular complexity index is 2750. The lowest BCUT2D eigenvalue weighted by molar-refractivity contribution is 0.660. The Morgan fingerprint density at radius 3 is 1.62 bits per heavy atom. The minimum atomic E-state index is -0.195.